The largest absolute Gasteiger partial charge is 0.493 e. The molecule has 0 radical (unpaired) electrons. The summed E-state index contributed by atoms with van der Waals surface area (Å²) in [5.41, 5.74) is 3.26. The number of thiophene rings is 1. The van der Waals surface area contributed by atoms with Crippen molar-refractivity contribution >= 4 is 38.3 Å². The molecule has 5 nitrogen and oxygen atoms in total. The van der Waals surface area contributed by atoms with E-state index in [0.29, 0.717) is 34.9 Å². The highest BCUT2D eigenvalue weighted by molar-refractivity contribution is 7.22. The Balaban J connectivity index is 1.46. The predicted molar refractivity (Wildman–Crippen MR) is 147 cm³/mol. The van der Waals surface area contributed by atoms with Crippen molar-refractivity contribution in [1.82, 2.24) is 4.98 Å². The summed E-state index contributed by atoms with van der Waals surface area (Å²) >= 11 is 1.63. The van der Waals surface area contributed by atoms with Crippen molar-refractivity contribution < 1.29 is 23.8 Å². The number of hydrogen-bond acceptors (Lipinski definition) is 5. The van der Waals surface area contributed by atoms with Crippen LogP contribution in [0.15, 0.2) is 42.5 Å². The first-order valence-corrected chi connectivity index (χ1v) is 13.6. The third kappa shape index (κ3) is 5.07. The molecule has 1 aliphatic rings. The molecule has 1 fully saturated rings. The minimum absolute atomic E-state index is 0.140. The summed E-state index contributed by atoms with van der Waals surface area (Å²) in [7, 11) is 0. The standard InChI is InChI=1S/C30H32FNO4S/c1-18-8-9-24(35-17-20-10-12-30(3,13-11-20)36-15-14-31)26-22(29(33)34)16-23(32-27(18)26)28-19(2)21-6-4-5-7-25(21)37-28/h4-9,16,20H,10-15,17H2,1-3H3,(H,33,34)/t20-,30+. The maximum atomic E-state index is 12.5. The lowest BCUT2D eigenvalue weighted by Crippen LogP contribution is -2.36. The van der Waals surface area contributed by atoms with Crippen molar-refractivity contribution in [2.45, 2.75) is 52.1 Å². The van der Waals surface area contributed by atoms with E-state index in [2.05, 4.69) is 19.1 Å². The molecule has 1 aliphatic carbocycles. The van der Waals surface area contributed by atoms with Crippen molar-refractivity contribution in [1.29, 1.82) is 0 Å². The van der Waals surface area contributed by atoms with Gasteiger partial charge in [0, 0.05) is 4.70 Å². The Morgan fingerprint density at radius 2 is 1.95 bits per heavy atom. The molecule has 2 aromatic heterocycles. The lowest BCUT2D eigenvalue weighted by atomic mass is 9.80. The highest BCUT2D eigenvalue weighted by Gasteiger charge is 2.32. The average Bonchev–Trinajstić information content (AvgIpc) is 3.24. The number of aromatic nitrogens is 1. The van der Waals surface area contributed by atoms with Gasteiger partial charge in [-0.1, -0.05) is 24.3 Å². The summed E-state index contributed by atoms with van der Waals surface area (Å²) in [6, 6.07) is 13.7. The van der Waals surface area contributed by atoms with E-state index in [0.717, 1.165) is 51.8 Å². The molecule has 2 aromatic carbocycles. The second-order valence-corrected chi connectivity index (χ2v) is 11.3. The number of ether oxygens (including phenoxy) is 2. The van der Waals surface area contributed by atoms with Gasteiger partial charge in [-0.15, -0.1) is 11.3 Å². The number of hydrogen-bond donors (Lipinski definition) is 1. The van der Waals surface area contributed by atoms with Crippen LogP contribution in [0.3, 0.4) is 0 Å². The Bertz CT molecular complexity index is 1460. The zero-order valence-electron chi connectivity index (χ0n) is 21.5. The Labute approximate surface area is 220 Å². The first-order valence-electron chi connectivity index (χ1n) is 12.8. The molecule has 1 saturated carbocycles. The number of halogens is 1. The quantitative estimate of drug-likeness (QED) is 0.257. The van der Waals surface area contributed by atoms with E-state index >= 15 is 0 Å². The lowest BCUT2D eigenvalue weighted by molar-refractivity contribution is -0.0707. The number of carboxylic acid groups (broad SMARTS) is 1. The maximum Gasteiger partial charge on any atom is 0.336 e. The van der Waals surface area contributed by atoms with Gasteiger partial charge in [-0.25, -0.2) is 14.2 Å². The van der Waals surface area contributed by atoms with Crippen LogP contribution < -0.4 is 4.74 Å². The van der Waals surface area contributed by atoms with E-state index in [4.69, 9.17) is 14.5 Å². The highest BCUT2D eigenvalue weighted by Crippen LogP contribution is 2.41. The van der Waals surface area contributed by atoms with Crippen LogP contribution in [0.5, 0.6) is 5.75 Å². The first kappa shape index (κ1) is 25.6. The summed E-state index contributed by atoms with van der Waals surface area (Å²) in [4.78, 5) is 18.4. The first-order chi connectivity index (χ1) is 17.8. The minimum atomic E-state index is -0.999. The number of alkyl halides is 1. The van der Waals surface area contributed by atoms with Crippen LogP contribution in [0, 0.1) is 19.8 Å². The fraction of sp³-hybridized carbons (Fsp3) is 0.400. The van der Waals surface area contributed by atoms with Crippen LogP contribution >= 0.6 is 11.3 Å². The molecule has 0 aliphatic heterocycles. The van der Waals surface area contributed by atoms with Gasteiger partial charge in [0.25, 0.3) is 0 Å². The highest BCUT2D eigenvalue weighted by atomic mass is 32.1. The van der Waals surface area contributed by atoms with E-state index in [1.54, 1.807) is 17.4 Å². The van der Waals surface area contributed by atoms with Crippen LogP contribution in [-0.2, 0) is 4.74 Å². The Kier molecular flexibility index (Phi) is 7.19. The lowest BCUT2D eigenvalue weighted by Gasteiger charge is -2.37. The summed E-state index contributed by atoms with van der Waals surface area (Å²) < 4.78 is 25.7. The third-order valence-electron chi connectivity index (χ3n) is 7.60. The fourth-order valence-corrected chi connectivity index (χ4v) is 6.53. The number of aryl methyl sites for hydroxylation is 2. The van der Waals surface area contributed by atoms with Gasteiger partial charge in [-0.2, -0.15) is 0 Å². The average molecular weight is 522 g/mol. The Morgan fingerprint density at radius 1 is 1.19 bits per heavy atom. The summed E-state index contributed by atoms with van der Waals surface area (Å²) in [6.07, 6.45) is 3.56. The Morgan fingerprint density at radius 3 is 2.65 bits per heavy atom. The number of pyridine rings is 1. The molecule has 0 saturated heterocycles. The molecular weight excluding hydrogens is 489 g/mol. The predicted octanol–water partition coefficient (Wildman–Crippen LogP) is 7.75. The molecule has 2 heterocycles. The van der Waals surface area contributed by atoms with Gasteiger partial charge < -0.3 is 14.6 Å². The van der Waals surface area contributed by atoms with E-state index in [1.165, 1.54) is 0 Å². The molecule has 194 valence electrons. The second kappa shape index (κ2) is 10.4. The van der Waals surface area contributed by atoms with E-state index in [-0.39, 0.29) is 17.8 Å². The maximum absolute atomic E-state index is 12.5. The number of rotatable bonds is 8. The molecule has 0 amide bonds. The van der Waals surface area contributed by atoms with Gasteiger partial charge in [-0.3, -0.25) is 0 Å². The van der Waals surface area contributed by atoms with Crippen LogP contribution in [-0.4, -0.2) is 41.5 Å². The molecule has 0 bridgehead atoms. The topological polar surface area (TPSA) is 68.7 Å². The fourth-order valence-electron chi connectivity index (χ4n) is 5.36. The molecule has 0 atom stereocenters. The normalized spacial score (nSPS) is 19.9. The van der Waals surface area contributed by atoms with Gasteiger partial charge in [0.1, 0.15) is 12.4 Å². The molecular formula is C30H32FNO4S. The smallest absolute Gasteiger partial charge is 0.336 e. The van der Waals surface area contributed by atoms with Crippen molar-refractivity contribution in [3.05, 3.63) is 59.2 Å². The van der Waals surface area contributed by atoms with Crippen LogP contribution in [0.4, 0.5) is 4.39 Å². The van der Waals surface area contributed by atoms with Gasteiger partial charge in [0.2, 0.25) is 0 Å². The van der Waals surface area contributed by atoms with E-state index in [9.17, 15) is 14.3 Å². The monoisotopic (exact) mass is 521 g/mol. The number of benzene rings is 2. The second-order valence-electron chi connectivity index (χ2n) is 10.3. The van der Waals surface area contributed by atoms with Gasteiger partial charge in [0.15, 0.2) is 0 Å². The summed E-state index contributed by atoms with van der Waals surface area (Å²) in [6.45, 7) is 6.23. The number of carbonyl (C=O) groups is 1. The minimum Gasteiger partial charge on any atom is -0.493 e. The molecule has 7 heteroatoms. The van der Waals surface area contributed by atoms with Crippen LogP contribution in [0.2, 0.25) is 0 Å². The SMILES string of the molecule is Cc1c(-c2cc(C(=O)O)c3c(OC[C@H]4CC[C@@](C)(OCCF)CC4)ccc(C)c3n2)sc2ccccc12. The van der Waals surface area contributed by atoms with Crippen molar-refractivity contribution in [2.75, 3.05) is 19.9 Å². The van der Waals surface area contributed by atoms with Crippen molar-refractivity contribution in [3.63, 3.8) is 0 Å². The molecule has 4 aromatic rings. The molecule has 37 heavy (non-hydrogen) atoms. The zero-order chi connectivity index (χ0) is 26.2. The molecule has 0 spiro atoms. The number of carboxylic acids is 1. The van der Waals surface area contributed by atoms with E-state index in [1.807, 2.05) is 38.1 Å². The van der Waals surface area contributed by atoms with Gasteiger partial charge in [0.05, 0.1) is 45.9 Å². The van der Waals surface area contributed by atoms with Crippen molar-refractivity contribution in [3.8, 4) is 16.3 Å². The summed E-state index contributed by atoms with van der Waals surface area (Å²) in [5, 5.41) is 11.9. The number of fused-ring (bicyclic) bond motifs is 2. The van der Waals surface area contributed by atoms with Crippen LogP contribution in [0.1, 0.15) is 54.1 Å². The summed E-state index contributed by atoms with van der Waals surface area (Å²) in [5.74, 6) is -0.117. The number of nitrogens with zero attached hydrogens (tertiary/aromatic N) is 1. The van der Waals surface area contributed by atoms with Crippen LogP contribution in [0.25, 0.3) is 31.6 Å². The zero-order valence-corrected chi connectivity index (χ0v) is 22.3. The van der Waals surface area contributed by atoms with Crippen molar-refractivity contribution in [2.24, 2.45) is 5.92 Å². The van der Waals surface area contributed by atoms with E-state index < -0.39 is 12.6 Å². The van der Waals surface area contributed by atoms with Gasteiger partial charge >= 0.3 is 5.97 Å². The third-order valence-corrected chi connectivity index (χ3v) is 8.89. The molecule has 5 rings (SSSR count). The number of aromatic carboxylic acids is 1. The Hall–Kier alpha value is -3.03. The molecule has 0 unspecified atom stereocenters. The van der Waals surface area contributed by atoms with Gasteiger partial charge in [-0.05, 0) is 87.1 Å². The molecule has 1 N–H and O–H groups in total.